The second-order valence-electron chi connectivity index (χ2n) is 4.56. The molecule has 1 aromatic carbocycles. The first-order valence-electron chi connectivity index (χ1n) is 6.16. The van der Waals surface area contributed by atoms with E-state index in [4.69, 9.17) is 22.7 Å². The van der Waals surface area contributed by atoms with Gasteiger partial charge >= 0.3 is 0 Å². The zero-order chi connectivity index (χ0) is 15.6. The first kappa shape index (κ1) is 15.5. The van der Waals surface area contributed by atoms with E-state index in [0.29, 0.717) is 10.6 Å². The molecule has 0 fully saturated rings. The lowest BCUT2D eigenvalue weighted by Gasteiger charge is -2.08. The Bertz CT molecular complexity index is 783. The van der Waals surface area contributed by atoms with Crippen molar-refractivity contribution in [1.82, 2.24) is 9.78 Å². The molecule has 0 aliphatic rings. The Morgan fingerprint density at radius 1 is 1.48 bits per heavy atom. The van der Waals surface area contributed by atoms with Crippen LogP contribution < -0.4 is 5.73 Å². The van der Waals surface area contributed by atoms with E-state index < -0.39 is 9.84 Å². The van der Waals surface area contributed by atoms with Crippen LogP contribution in [0.1, 0.15) is 11.3 Å². The van der Waals surface area contributed by atoms with Crippen molar-refractivity contribution in [3.8, 4) is 0 Å². The van der Waals surface area contributed by atoms with Crippen LogP contribution in [0.25, 0.3) is 0 Å². The lowest BCUT2D eigenvalue weighted by atomic mass is 10.2. The number of nitrogen functional groups attached to an aromatic ring is 1. The summed E-state index contributed by atoms with van der Waals surface area (Å²) in [5, 5.41) is 11.9. The number of sulfone groups is 1. The predicted molar refractivity (Wildman–Crippen MR) is 81.5 cm³/mol. The summed E-state index contributed by atoms with van der Waals surface area (Å²) in [6, 6.07) is 6.06. The number of hydrogen-bond donors (Lipinski definition) is 2. The maximum absolute atomic E-state index is 12.3. The van der Waals surface area contributed by atoms with Gasteiger partial charge in [0.2, 0.25) is 0 Å². The normalized spacial score (nSPS) is 11.5. The Kier molecular flexibility index (Phi) is 4.34. The van der Waals surface area contributed by atoms with Crippen molar-refractivity contribution >= 4 is 27.3 Å². The van der Waals surface area contributed by atoms with Gasteiger partial charge in [-0.05, 0) is 19.1 Å². The predicted octanol–water partition coefficient (Wildman–Crippen LogP) is 1.60. The SMILES string of the molecule is Cc1c(Cl)cnn1CCS(=O)(=O)c1cccc(C(=N)N)c1. The van der Waals surface area contributed by atoms with E-state index in [1.807, 2.05) is 0 Å². The molecule has 6 nitrogen and oxygen atoms in total. The zero-order valence-corrected chi connectivity index (χ0v) is 12.9. The standard InChI is InChI=1S/C13H15ClN4O2S/c1-9-12(14)8-17-18(9)5-6-21(19,20)11-4-2-3-10(7-11)13(15)16/h2-4,7-8H,5-6H2,1H3,(H3,15,16). The number of rotatable bonds is 5. The van der Waals surface area contributed by atoms with E-state index in [0.717, 1.165) is 5.69 Å². The number of nitrogens with one attached hydrogen (secondary N) is 1. The highest BCUT2D eigenvalue weighted by molar-refractivity contribution is 7.91. The molecule has 112 valence electrons. The highest BCUT2D eigenvalue weighted by Gasteiger charge is 2.16. The third-order valence-electron chi connectivity index (χ3n) is 3.12. The molecule has 0 unspecified atom stereocenters. The minimum Gasteiger partial charge on any atom is -0.384 e. The monoisotopic (exact) mass is 326 g/mol. The van der Waals surface area contributed by atoms with E-state index in [1.165, 1.54) is 18.3 Å². The van der Waals surface area contributed by atoms with E-state index in [1.54, 1.807) is 23.7 Å². The lowest BCUT2D eigenvalue weighted by molar-refractivity contribution is 0.577. The third-order valence-corrected chi connectivity index (χ3v) is 5.18. The molecule has 0 amide bonds. The Morgan fingerprint density at radius 2 is 2.19 bits per heavy atom. The summed E-state index contributed by atoms with van der Waals surface area (Å²) in [7, 11) is -3.48. The second-order valence-corrected chi connectivity index (χ2v) is 7.08. The minimum atomic E-state index is -3.48. The van der Waals surface area contributed by atoms with Crippen LogP contribution in [0.15, 0.2) is 35.4 Å². The fourth-order valence-electron chi connectivity index (χ4n) is 1.83. The highest BCUT2D eigenvalue weighted by Crippen LogP contribution is 2.16. The molecule has 21 heavy (non-hydrogen) atoms. The Labute approximate surface area is 128 Å². The summed E-state index contributed by atoms with van der Waals surface area (Å²) >= 11 is 5.88. The maximum Gasteiger partial charge on any atom is 0.180 e. The summed E-state index contributed by atoms with van der Waals surface area (Å²) < 4.78 is 26.2. The Hall–Kier alpha value is -1.86. The van der Waals surface area contributed by atoms with Crippen LogP contribution in [0.2, 0.25) is 5.02 Å². The zero-order valence-electron chi connectivity index (χ0n) is 11.4. The number of aryl methyl sites for hydroxylation is 1. The number of nitrogens with zero attached hydrogens (tertiary/aromatic N) is 2. The summed E-state index contributed by atoms with van der Waals surface area (Å²) in [6.45, 7) is 1.99. The molecule has 0 spiro atoms. The van der Waals surface area contributed by atoms with Crippen LogP contribution in [-0.4, -0.2) is 29.8 Å². The molecule has 0 aliphatic carbocycles. The minimum absolute atomic E-state index is 0.104. The van der Waals surface area contributed by atoms with E-state index in [2.05, 4.69) is 5.10 Å². The summed E-state index contributed by atoms with van der Waals surface area (Å²) in [6.07, 6.45) is 1.49. The van der Waals surface area contributed by atoms with Gasteiger partial charge in [0, 0.05) is 5.56 Å². The highest BCUT2D eigenvalue weighted by atomic mass is 35.5. The van der Waals surface area contributed by atoms with Gasteiger partial charge in [0.1, 0.15) is 5.84 Å². The van der Waals surface area contributed by atoms with Gasteiger partial charge in [-0.2, -0.15) is 5.10 Å². The van der Waals surface area contributed by atoms with Gasteiger partial charge in [0.05, 0.1) is 34.1 Å². The average Bonchev–Trinajstić information content (AvgIpc) is 2.77. The molecule has 0 aliphatic heterocycles. The summed E-state index contributed by atoms with van der Waals surface area (Å²) in [4.78, 5) is 0.145. The summed E-state index contributed by atoms with van der Waals surface area (Å²) in [5.41, 5.74) is 6.48. The lowest BCUT2D eigenvalue weighted by Crippen LogP contribution is -2.16. The number of hydrogen-bond acceptors (Lipinski definition) is 4. The van der Waals surface area contributed by atoms with Gasteiger partial charge in [-0.15, -0.1) is 0 Å². The van der Waals surface area contributed by atoms with Gasteiger partial charge in [-0.3, -0.25) is 10.1 Å². The molecule has 8 heteroatoms. The Balaban J connectivity index is 2.21. The molecule has 0 atom stereocenters. The van der Waals surface area contributed by atoms with Crippen molar-refractivity contribution in [2.24, 2.45) is 5.73 Å². The first-order valence-corrected chi connectivity index (χ1v) is 8.19. The maximum atomic E-state index is 12.3. The third kappa shape index (κ3) is 3.43. The molecule has 1 heterocycles. The smallest absolute Gasteiger partial charge is 0.180 e. The Morgan fingerprint density at radius 3 is 2.76 bits per heavy atom. The summed E-state index contributed by atoms with van der Waals surface area (Å²) in [5.74, 6) is -0.269. The van der Waals surface area contributed by atoms with Gasteiger partial charge < -0.3 is 5.73 Å². The molecule has 0 saturated heterocycles. The van der Waals surface area contributed by atoms with E-state index in [-0.39, 0.29) is 23.0 Å². The fraction of sp³-hybridized carbons (Fsp3) is 0.231. The van der Waals surface area contributed by atoms with Crippen molar-refractivity contribution in [3.05, 3.63) is 46.7 Å². The van der Waals surface area contributed by atoms with Crippen LogP contribution in [0.5, 0.6) is 0 Å². The van der Waals surface area contributed by atoms with Crippen molar-refractivity contribution in [3.63, 3.8) is 0 Å². The molecule has 2 rings (SSSR count). The number of aromatic nitrogens is 2. The van der Waals surface area contributed by atoms with Crippen molar-refractivity contribution in [1.29, 1.82) is 5.41 Å². The van der Waals surface area contributed by atoms with E-state index in [9.17, 15) is 8.42 Å². The molecular formula is C13H15ClN4O2S. The van der Waals surface area contributed by atoms with Gasteiger partial charge in [-0.25, -0.2) is 8.42 Å². The largest absolute Gasteiger partial charge is 0.384 e. The number of benzene rings is 1. The van der Waals surface area contributed by atoms with Gasteiger partial charge in [0.15, 0.2) is 9.84 Å². The number of halogens is 1. The molecule has 0 saturated carbocycles. The van der Waals surface area contributed by atoms with Crippen molar-refractivity contribution in [2.45, 2.75) is 18.4 Å². The number of nitrogens with two attached hydrogens (primary N) is 1. The first-order chi connectivity index (χ1) is 9.81. The van der Waals surface area contributed by atoms with Crippen LogP contribution in [0, 0.1) is 12.3 Å². The quantitative estimate of drug-likeness (QED) is 0.643. The topological polar surface area (TPSA) is 102 Å². The molecule has 2 aromatic rings. The fourth-order valence-corrected chi connectivity index (χ4v) is 3.21. The molecular weight excluding hydrogens is 312 g/mol. The van der Waals surface area contributed by atoms with Gasteiger partial charge in [-0.1, -0.05) is 23.7 Å². The molecule has 1 aromatic heterocycles. The molecule has 3 N–H and O–H groups in total. The molecule has 0 bridgehead atoms. The average molecular weight is 327 g/mol. The number of amidine groups is 1. The van der Waals surface area contributed by atoms with Crippen LogP contribution in [0.4, 0.5) is 0 Å². The second kappa shape index (κ2) is 5.87. The van der Waals surface area contributed by atoms with Crippen LogP contribution >= 0.6 is 11.6 Å². The van der Waals surface area contributed by atoms with Crippen molar-refractivity contribution < 1.29 is 8.42 Å². The molecule has 0 radical (unpaired) electrons. The van der Waals surface area contributed by atoms with Crippen LogP contribution in [0.3, 0.4) is 0 Å². The van der Waals surface area contributed by atoms with Crippen LogP contribution in [-0.2, 0) is 16.4 Å². The van der Waals surface area contributed by atoms with E-state index >= 15 is 0 Å². The van der Waals surface area contributed by atoms with Crippen molar-refractivity contribution in [2.75, 3.05) is 5.75 Å². The van der Waals surface area contributed by atoms with Gasteiger partial charge in [0.25, 0.3) is 0 Å².